The second-order valence-electron chi connectivity index (χ2n) is 6.05. The van der Waals surface area contributed by atoms with E-state index in [9.17, 15) is 17.6 Å². The Labute approximate surface area is 167 Å². The lowest BCUT2D eigenvalue weighted by Gasteiger charge is -2.10. The van der Waals surface area contributed by atoms with Gasteiger partial charge in [-0.1, -0.05) is 11.6 Å². The van der Waals surface area contributed by atoms with Crippen LogP contribution in [0, 0.1) is 12.7 Å². The molecule has 3 rings (SSSR count). The third-order valence-corrected chi connectivity index (χ3v) is 5.61. The monoisotopic (exact) mass is 418 g/mol. The molecule has 5 nitrogen and oxygen atoms in total. The van der Waals surface area contributed by atoms with Crippen molar-refractivity contribution in [3.8, 4) is 0 Å². The van der Waals surface area contributed by atoms with Gasteiger partial charge >= 0.3 is 0 Å². The van der Waals surface area contributed by atoms with E-state index in [4.69, 9.17) is 11.6 Å². The van der Waals surface area contributed by atoms with Gasteiger partial charge in [0.05, 0.1) is 4.90 Å². The minimum Gasteiger partial charge on any atom is -0.322 e. The molecule has 0 saturated heterocycles. The van der Waals surface area contributed by atoms with Gasteiger partial charge in [0.15, 0.2) is 0 Å². The van der Waals surface area contributed by atoms with Crippen molar-refractivity contribution >= 4 is 38.9 Å². The zero-order valence-electron chi connectivity index (χ0n) is 14.7. The highest BCUT2D eigenvalue weighted by Crippen LogP contribution is 2.20. The van der Waals surface area contributed by atoms with Crippen LogP contribution in [-0.2, 0) is 10.0 Å². The molecule has 0 aliphatic carbocycles. The maximum atomic E-state index is 13.2. The van der Waals surface area contributed by atoms with E-state index in [0.717, 1.165) is 0 Å². The minimum atomic E-state index is -3.81. The summed E-state index contributed by atoms with van der Waals surface area (Å²) < 4.78 is 40.5. The summed E-state index contributed by atoms with van der Waals surface area (Å²) in [5.74, 6) is -0.817. The number of benzene rings is 3. The number of nitrogens with one attached hydrogen (secondary N) is 2. The summed E-state index contributed by atoms with van der Waals surface area (Å²) in [7, 11) is -3.81. The highest BCUT2D eigenvalue weighted by Gasteiger charge is 2.16. The second kappa shape index (κ2) is 8.00. The number of hydrogen-bond donors (Lipinski definition) is 2. The van der Waals surface area contributed by atoms with Crippen molar-refractivity contribution in [1.29, 1.82) is 0 Å². The number of rotatable bonds is 5. The lowest BCUT2D eigenvalue weighted by Crippen LogP contribution is -2.15. The van der Waals surface area contributed by atoms with Gasteiger partial charge in [-0.3, -0.25) is 9.52 Å². The predicted molar refractivity (Wildman–Crippen MR) is 108 cm³/mol. The molecule has 2 N–H and O–H groups in total. The first-order valence-electron chi connectivity index (χ1n) is 8.20. The Morgan fingerprint density at radius 1 is 0.964 bits per heavy atom. The molecule has 144 valence electrons. The molecule has 3 aromatic rings. The van der Waals surface area contributed by atoms with Gasteiger partial charge in [0, 0.05) is 22.0 Å². The predicted octanol–water partition coefficient (Wildman–Crippen LogP) is 4.84. The number of carbonyl (C=O) groups is 1. The Balaban J connectivity index is 1.74. The van der Waals surface area contributed by atoms with E-state index in [1.54, 1.807) is 31.2 Å². The number of aryl methyl sites for hydroxylation is 1. The Bertz CT molecular complexity index is 1120. The average Bonchev–Trinajstić information content (AvgIpc) is 2.66. The fraction of sp³-hybridized carbons (Fsp3) is 0.0500. The van der Waals surface area contributed by atoms with Crippen molar-refractivity contribution in [3.05, 3.63) is 88.7 Å². The minimum absolute atomic E-state index is 0.0111. The van der Waals surface area contributed by atoms with E-state index >= 15 is 0 Å². The van der Waals surface area contributed by atoms with Crippen LogP contribution < -0.4 is 10.0 Å². The highest BCUT2D eigenvalue weighted by molar-refractivity contribution is 7.92. The number of halogens is 2. The maximum Gasteiger partial charge on any atom is 0.261 e. The summed E-state index contributed by atoms with van der Waals surface area (Å²) >= 11 is 5.79. The lowest BCUT2D eigenvalue weighted by molar-refractivity contribution is 0.102. The lowest BCUT2D eigenvalue weighted by atomic mass is 10.1. The quantitative estimate of drug-likeness (QED) is 0.622. The van der Waals surface area contributed by atoms with Crippen LogP contribution in [0.2, 0.25) is 5.02 Å². The van der Waals surface area contributed by atoms with E-state index in [1.165, 1.54) is 42.5 Å². The fourth-order valence-corrected chi connectivity index (χ4v) is 3.66. The third-order valence-electron chi connectivity index (χ3n) is 3.96. The van der Waals surface area contributed by atoms with Crippen molar-refractivity contribution in [1.82, 2.24) is 0 Å². The summed E-state index contributed by atoms with van der Waals surface area (Å²) in [5, 5.41) is 3.17. The van der Waals surface area contributed by atoms with Crippen LogP contribution in [0.3, 0.4) is 0 Å². The van der Waals surface area contributed by atoms with Gasteiger partial charge in [0.2, 0.25) is 0 Å². The molecule has 0 aliphatic rings. The Morgan fingerprint density at radius 2 is 1.61 bits per heavy atom. The van der Waals surface area contributed by atoms with Crippen molar-refractivity contribution in [2.45, 2.75) is 11.8 Å². The number of sulfonamides is 1. The van der Waals surface area contributed by atoms with Crippen LogP contribution in [0.1, 0.15) is 15.9 Å². The number of anilines is 2. The molecular weight excluding hydrogens is 403 g/mol. The van der Waals surface area contributed by atoms with Crippen LogP contribution in [0.25, 0.3) is 0 Å². The standard InChI is InChI=1S/C20H16ClFN2O3S/c1-13-12-16(22)6-11-19(13)23-20(25)14-2-9-18(10-3-14)28(26,27)24-17-7-4-15(21)5-8-17/h2-12,24H,1H3,(H,23,25). The Hall–Kier alpha value is -2.90. The topological polar surface area (TPSA) is 75.3 Å². The Morgan fingerprint density at radius 3 is 2.21 bits per heavy atom. The summed E-state index contributed by atoms with van der Waals surface area (Å²) in [6, 6.07) is 15.8. The summed E-state index contributed by atoms with van der Waals surface area (Å²) in [6.07, 6.45) is 0. The fourth-order valence-electron chi connectivity index (χ4n) is 2.48. The molecule has 0 aromatic heterocycles. The van der Waals surface area contributed by atoms with Gasteiger partial charge < -0.3 is 5.32 Å². The van der Waals surface area contributed by atoms with Gasteiger partial charge in [-0.15, -0.1) is 0 Å². The van der Waals surface area contributed by atoms with Crippen LogP contribution in [0.15, 0.2) is 71.6 Å². The molecule has 0 spiro atoms. The van der Waals surface area contributed by atoms with Crippen molar-refractivity contribution in [2.75, 3.05) is 10.0 Å². The number of carbonyl (C=O) groups excluding carboxylic acids is 1. The summed E-state index contributed by atoms with van der Waals surface area (Å²) in [5.41, 5.74) is 1.71. The average molecular weight is 419 g/mol. The van der Waals surface area contributed by atoms with E-state index in [0.29, 0.717) is 22.0 Å². The van der Waals surface area contributed by atoms with Crippen LogP contribution >= 0.6 is 11.6 Å². The first kappa shape index (κ1) is 19.9. The Kier molecular flexibility index (Phi) is 5.67. The van der Waals surface area contributed by atoms with Crippen molar-refractivity contribution in [2.24, 2.45) is 0 Å². The molecule has 0 aliphatic heterocycles. The second-order valence-corrected chi connectivity index (χ2v) is 8.17. The van der Waals surface area contributed by atoms with Gasteiger partial charge in [-0.25, -0.2) is 12.8 Å². The van der Waals surface area contributed by atoms with Gasteiger partial charge in [0.1, 0.15) is 5.82 Å². The zero-order chi connectivity index (χ0) is 20.3. The highest BCUT2D eigenvalue weighted by atomic mass is 35.5. The smallest absolute Gasteiger partial charge is 0.261 e. The molecule has 0 fully saturated rings. The largest absolute Gasteiger partial charge is 0.322 e. The number of amides is 1. The molecule has 3 aromatic carbocycles. The molecule has 1 amide bonds. The molecule has 0 heterocycles. The van der Waals surface area contributed by atoms with Gasteiger partial charge in [-0.2, -0.15) is 0 Å². The van der Waals surface area contributed by atoms with Crippen molar-refractivity contribution in [3.63, 3.8) is 0 Å². The van der Waals surface area contributed by atoms with E-state index in [1.807, 2.05) is 0 Å². The van der Waals surface area contributed by atoms with Gasteiger partial charge in [0.25, 0.3) is 15.9 Å². The molecule has 0 atom stereocenters. The molecule has 0 saturated carbocycles. The zero-order valence-corrected chi connectivity index (χ0v) is 16.3. The normalized spacial score (nSPS) is 11.1. The van der Waals surface area contributed by atoms with E-state index in [-0.39, 0.29) is 10.5 Å². The molecule has 0 unspecified atom stereocenters. The summed E-state index contributed by atoms with van der Waals surface area (Å²) in [6.45, 7) is 1.68. The van der Waals surface area contributed by atoms with E-state index in [2.05, 4.69) is 10.0 Å². The van der Waals surface area contributed by atoms with Crippen molar-refractivity contribution < 1.29 is 17.6 Å². The molecule has 8 heteroatoms. The van der Waals surface area contributed by atoms with Gasteiger partial charge in [-0.05, 0) is 79.2 Å². The molecular formula is C20H16ClFN2O3S. The first-order valence-corrected chi connectivity index (χ1v) is 10.1. The molecule has 0 radical (unpaired) electrons. The SMILES string of the molecule is Cc1cc(F)ccc1NC(=O)c1ccc(S(=O)(=O)Nc2ccc(Cl)cc2)cc1. The third kappa shape index (κ3) is 4.68. The van der Waals surface area contributed by atoms with Crippen LogP contribution in [0.5, 0.6) is 0 Å². The summed E-state index contributed by atoms with van der Waals surface area (Å²) in [4.78, 5) is 12.4. The first-order chi connectivity index (χ1) is 13.2. The maximum absolute atomic E-state index is 13.2. The molecule has 0 bridgehead atoms. The number of hydrogen-bond acceptors (Lipinski definition) is 3. The van der Waals surface area contributed by atoms with Crippen LogP contribution in [-0.4, -0.2) is 14.3 Å². The van der Waals surface area contributed by atoms with E-state index < -0.39 is 21.7 Å². The molecule has 28 heavy (non-hydrogen) atoms. The van der Waals surface area contributed by atoms with Crippen LogP contribution in [0.4, 0.5) is 15.8 Å².